The molecule has 0 amide bonds. The van der Waals surface area contributed by atoms with Gasteiger partial charge in [-0.1, -0.05) is 24.3 Å². The maximum atomic E-state index is 10.7. The molecule has 0 spiro atoms. The maximum absolute atomic E-state index is 10.7. The van der Waals surface area contributed by atoms with Crippen molar-refractivity contribution in [2.24, 2.45) is 0 Å². The Hall–Kier alpha value is -3.74. The number of aromatic nitrogens is 4. The average Bonchev–Trinajstić information content (AvgIpc) is 3.15. The van der Waals surface area contributed by atoms with Crippen LogP contribution >= 0.6 is 0 Å². The highest BCUT2D eigenvalue weighted by atomic mass is 16.4. The van der Waals surface area contributed by atoms with Gasteiger partial charge in [0, 0.05) is 37.1 Å². The zero-order chi connectivity index (χ0) is 19.3. The molecule has 0 saturated heterocycles. The van der Waals surface area contributed by atoms with Crippen molar-refractivity contribution in [2.75, 3.05) is 5.32 Å². The lowest BCUT2D eigenvalue weighted by Crippen LogP contribution is -2.03. The summed E-state index contributed by atoms with van der Waals surface area (Å²) in [7, 11) is 0. The number of carbonyl (C=O) groups is 1. The van der Waals surface area contributed by atoms with Crippen LogP contribution in [0.15, 0.2) is 67.3 Å². The summed E-state index contributed by atoms with van der Waals surface area (Å²) in [6.07, 6.45) is 7.85. The topological polar surface area (TPSA) is 92.4 Å². The molecule has 0 radical (unpaired) electrons. The third kappa shape index (κ3) is 3.98. The fourth-order valence-electron chi connectivity index (χ4n) is 2.97. The number of fused-ring (bicyclic) bond motifs is 1. The van der Waals surface area contributed by atoms with Gasteiger partial charge in [0.05, 0.1) is 6.20 Å². The highest BCUT2D eigenvalue weighted by molar-refractivity contribution is 5.77. The second kappa shape index (κ2) is 7.87. The van der Waals surface area contributed by atoms with E-state index in [9.17, 15) is 4.79 Å². The van der Waals surface area contributed by atoms with Crippen molar-refractivity contribution in [2.45, 2.75) is 19.4 Å². The minimum Gasteiger partial charge on any atom is -0.481 e. The molecule has 4 rings (SSSR count). The van der Waals surface area contributed by atoms with Crippen LogP contribution in [0.1, 0.15) is 17.5 Å². The van der Waals surface area contributed by atoms with Gasteiger partial charge >= 0.3 is 5.97 Å². The SMILES string of the molecule is O=C(O)CCc1ccc(-c2cnn3ccc(NCc4ccncc4)nc23)cc1. The summed E-state index contributed by atoms with van der Waals surface area (Å²) in [5.41, 5.74) is 4.81. The van der Waals surface area contributed by atoms with Gasteiger partial charge in [0.15, 0.2) is 5.65 Å². The summed E-state index contributed by atoms with van der Waals surface area (Å²) < 4.78 is 1.74. The van der Waals surface area contributed by atoms with Crippen molar-refractivity contribution in [3.05, 3.63) is 78.4 Å². The van der Waals surface area contributed by atoms with E-state index < -0.39 is 5.97 Å². The molecule has 28 heavy (non-hydrogen) atoms. The third-order valence-corrected chi connectivity index (χ3v) is 4.48. The average molecular weight is 373 g/mol. The number of nitrogens with one attached hydrogen (secondary N) is 1. The number of nitrogens with zero attached hydrogens (tertiary/aromatic N) is 4. The van der Waals surface area contributed by atoms with E-state index >= 15 is 0 Å². The monoisotopic (exact) mass is 373 g/mol. The van der Waals surface area contributed by atoms with Gasteiger partial charge in [0.25, 0.3) is 0 Å². The molecule has 3 heterocycles. The van der Waals surface area contributed by atoms with Crippen LogP contribution in [0.3, 0.4) is 0 Å². The van der Waals surface area contributed by atoms with Gasteiger partial charge in [0.1, 0.15) is 5.82 Å². The number of carboxylic acid groups (broad SMARTS) is 1. The van der Waals surface area contributed by atoms with E-state index in [1.165, 1.54) is 0 Å². The van der Waals surface area contributed by atoms with Crippen LogP contribution < -0.4 is 5.32 Å². The summed E-state index contributed by atoms with van der Waals surface area (Å²) in [5, 5.41) is 16.5. The van der Waals surface area contributed by atoms with Crippen LogP contribution in [0.2, 0.25) is 0 Å². The molecule has 0 aliphatic rings. The van der Waals surface area contributed by atoms with Crippen molar-refractivity contribution < 1.29 is 9.90 Å². The lowest BCUT2D eigenvalue weighted by molar-refractivity contribution is -0.136. The number of anilines is 1. The minimum atomic E-state index is -0.789. The molecule has 0 saturated carbocycles. The van der Waals surface area contributed by atoms with Gasteiger partial charge in [-0.3, -0.25) is 9.78 Å². The van der Waals surface area contributed by atoms with Crippen LogP contribution in [0, 0.1) is 0 Å². The number of hydrogen-bond donors (Lipinski definition) is 2. The zero-order valence-corrected chi connectivity index (χ0v) is 15.1. The number of rotatable bonds is 7. The number of benzene rings is 1. The maximum Gasteiger partial charge on any atom is 0.303 e. The first-order valence-electron chi connectivity index (χ1n) is 8.97. The van der Waals surface area contributed by atoms with E-state index in [1.807, 2.05) is 48.7 Å². The molecule has 3 aromatic heterocycles. The van der Waals surface area contributed by atoms with Crippen LogP contribution in [0.25, 0.3) is 16.8 Å². The van der Waals surface area contributed by atoms with Crippen molar-refractivity contribution in [3.8, 4) is 11.1 Å². The summed E-state index contributed by atoms with van der Waals surface area (Å²) >= 11 is 0. The quantitative estimate of drug-likeness (QED) is 0.516. The Morgan fingerprint density at radius 3 is 2.57 bits per heavy atom. The van der Waals surface area contributed by atoms with Gasteiger partial charge in [0.2, 0.25) is 0 Å². The fourth-order valence-corrected chi connectivity index (χ4v) is 2.97. The molecule has 0 aliphatic heterocycles. The first-order chi connectivity index (χ1) is 13.7. The fraction of sp³-hybridized carbons (Fsp3) is 0.143. The van der Waals surface area contributed by atoms with Gasteiger partial charge in [-0.25, -0.2) is 9.50 Å². The minimum absolute atomic E-state index is 0.129. The molecule has 7 heteroatoms. The largest absolute Gasteiger partial charge is 0.481 e. The molecule has 0 fully saturated rings. The standard InChI is InChI=1S/C21H19N5O2/c27-20(28)6-3-15-1-4-17(5-2-15)18-14-24-26-12-9-19(25-21(18)26)23-13-16-7-10-22-11-8-16/h1-2,4-5,7-12,14H,3,6,13H2,(H,23,25)(H,27,28). The molecule has 1 aromatic carbocycles. The molecular weight excluding hydrogens is 354 g/mol. The normalized spacial score (nSPS) is 10.9. The van der Waals surface area contributed by atoms with Crippen molar-refractivity contribution in [1.82, 2.24) is 19.6 Å². The van der Waals surface area contributed by atoms with Gasteiger partial charge < -0.3 is 10.4 Å². The van der Waals surface area contributed by atoms with Crippen LogP contribution in [0.5, 0.6) is 0 Å². The van der Waals surface area contributed by atoms with Crippen molar-refractivity contribution >= 4 is 17.4 Å². The molecule has 0 bridgehead atoms. The van der Waals surface area contributed by atoms with Crippen LogP contribution in [-0.2, 0) is 17.8 Å². The first kappa shape index (κ1) is 17.7. The van der Waals surface area contributed by atoms with Crippen LogP contribution in [-0.4, -0.2) is 30.7 Å². The van der Waals surface area contributed by atoms with E-state index in [0.29, 0.717) is 13.0 Å². The summed E-state index contributed by atoms with van der Waals surface area (Å²) in [5.74, 6) is -0.0214. The lowest BCUT2D eigenvalue weighted by Gasteiger charge is -2.07. The highest BCUT2D eigenvalue weighted by Gasteiger charge is 2.09. The Morgan fingerprint density at radius 2 is 1.82 bits per heavy atom. The second-order valence-corrected chi connectivity index (χ2v) is 6.44. The smallest absolute Gasteiger partial charge is 0.303 e. The van der Waals surface area contributed by atoms with Gasteiger partial charge in [-0.2, -0.15) is 5.10 Å². The van der Waals surface area contributed by atoms with E-state index in [1.54, 1.807) is 23.1 Å². The molecule has 0 aliphatic carbocycles. The number of pyridine rings is 1. The molecular formula is C21H19N5O2. The zero-order valence-electron chi connectivity index (χ0n) is 15.1. The number of aryl methyl sites for hydroxylation is 1. The second-order valence-electron chi connectivity index (χ2n) is 6.44. The van der Waals surface area contributed by atoms with Crippen molar-refractivity contribution in [3.63, 3.8) is 0 Å². The van der Waals surface area contributed by atoms with Gasteiger partial charge in [-0.15, -0.1) is 0 Å². The Labute approximate surface area is 161 Å². The van der Waals surface area contributed by atoms with E-state index in [-0.39, 0.29) is 6.42 Å². The predicted molar refractivity (Wildman–Crippen MR) is 106 cm³/mol. The Kier molecular flexibility index (Phi) is 4.97. The van der Waals surface area contributed by atoms with E-state index in [2.05, 4.69) is 15.4 Å². The molecule has 7 nitrogen and oxygen atoms in total. The molecule has 2 N–H and O–H groups in total. The Bertz CT molecular complexity index is 1090. The summed E-state index contributed by atoms with van der Waals surface area (Å²) in [6.45, 7) is 0.660. The van der Waals surface area contributed by atoms with E-state index in [0.717, 1.165) is 33.7 Å². The van der Waals surface area contributed by atoms with E-state index in [4.69, 9.17) is 10.1 Å². The Morgan fingerprint density at radius 1 is 1.04 bits per heavy atom. The lowest BCUT2D eigenvalue weighted by atomic mass is 10.0. The summed E-state index contributed by atoms with van der Waals surface area (Å²) in [6, 6.07) is 13.7. The molecule has 4 aromatic rings. The third-order valence-electron chi connectivity index (χ3n) is 4.48. The molecule has 0 unspecified atom stereocenters. The number of carboxylic acids is 1. The van der Waals surface area contributed by atoms with Crippen LogP contribution in [0.4, 0.5) is 5.82 Å². The van der Waals surface area contributed by atoms with Gasteiger partial charge in [-0.05, 0) is 41.3 Å². The van der Waals surface area contributed by atoms with Crippen molar-refractivity contribution in [1.29, 1.82) is 0 Å². The summed E-state index contributed by atoms with van der Waals surface area (Å²) in [4.78, 5) is 19.4. The molecule has 0 atom stereocenters. The highest BCUT2D eigenvalue weighted by Crippen LogP contribution is 2.25. The molecule has 140 valence electrons. The Balaban J connectivity index is 1.55. The first-order valence-corrected chi connectivity index (χ1v) is 8.97. The number of hydrogen-bond acceptors (Lipinski definition) is 5. The predicted octanol–water partition coefficient (Wildman–Crippen LogP) is 3.42. The number of aliphatic carboxylic acids is 1.